The van der Waals surface area contributed by atoms with Crippen LogP contribution in [-0.4, -0.2) is 81.6 Å². The number of aliphatic hydroxyl groups excluding tert-OH is 3. The smallest absolute Gasteiger partial charge is 0.335 e. The van der Waals surface area contributed by atoms with Crippen LogP contribution in [0.3, 0.4) is 0 Å². The van der Waals surface area contributed by atoms with Crippen LogP contribution in [0.5, 0.6) is 5.75 Å². The van der Waals surface area contributed by atoms with Gasteiger partial charge in [0.15, 0.2) is 6.10 Å². The van der Waals surface area contributed by atoms with Gasteiger partial charge in [0.25, 0.3) is 0 Å². The van der Waals surface area contributed by atoms with Crippen molar-refractivity contribution in [2.24, 2.45) is 5.92 Å². The first-order chi connectivity index (χ1) is 16.0. The highest BCUT2D eigenvalue weighted by molar-refractivity contribution is 5.73. The number of likely N-dealkylation sites (N-methyl/N-ethyl adjacent to an activating group) is 1. The molecule has 2 aliphatic carbocycles. The molecule has 31 heavy (non-hydrogen) atoms. The Hall–Kier alpha value is -1.71. The third kappa shape index (κ3) is 3.27. The fourth-order valence-electron chi connectivity index (χ4n) is 6.34. The summed E-state index contributed by atoms with van der Waals surface area (Å²) in [6.45, 7) is -1.63. The number of carboxylic acid groups (broad SMARTS) is 1. The number of hydrogen-bond donors (Lipinski definition) is 4. The van der Waals surface area contributed by atoms with Gasteiger partial charge in [0.1, 0.15) is 24.1 Å². The van der Waals surface area contributed by atoms with Gasteiger partial charge in [0.05, 0.1) is 0 Å². The molecule has 8 atom stereocenters. The van der Waals surface area contributed by atoms with E-state index in [1.54, 1.807) is 11.0 Å². The highest BCUT2D eigenvalue weighted by Crippen LogP contribution is 2.56. The van der Waals surface area contributed by atoms with E-state index in [1.807, 2.05) is 12.1 Å². The lowest BCUT2D eigenvalue weighted by molar-refractivity contribution is -0.271. The predicted molar refractivity (Wildman–Crippen MR) is 110 cm³/mol. The molecule has 0 aromatic heterocycles. The van der Waals surface area contributed by atoms with Crippen LogP contribution >= 0.6 is 0 Å². The van der Waals surface area contributed by atoms with Crippen molar-refractivity contribution in [3.05, 3.63) is 29.3 Å². The number of piperidine rings is 1. The van der Waals surface area contributed by atoms with Crippen LogP contribution in [0.4, 0.5) is 0 Å². The number of aliphatic hydroxyl groups is 3. The second-order valence-electron chi connectivity index (χ2n) is 9.40. The lowest BCUT2D eigenvalue weighted by Crippen LogP contribution is -2.61. The maximum absolute atomic E-state index is 11.4. The SMILES string of the molecule is [2H]C([2H])([2H])N1CC[C@]23CCCCC2[C@@H]1Cc1ccc(O[C@@H]2O[C@H](C(=O)O)[C@@H](O)[C@H](O)[C@H]2O)cc13. The van der Waals surface area contributed by atoms with E-state index >= 15 is 0 Å². The zero-order valence-corrected chi connectivity index (χ0v) is 17.2. The molecule has 4 N–H and O–H groups in total. The Bertz CT molecular complexity index is 959. The van der Waals surface area contributed by atoms with Crippen molar-refractivity contribution < 1.29 is 38.8 Å². The van der Waals surface area contributed by atoms with Gasteiger partial charge >= 0.3 is 5.97 Å². The van der Waals surface area contributed by atoms with E-state index in [2.05, 4.69) is 0 Å². The van der Waals surface area contributed by atoms with Gasteiger partial charge in [0, 0.05) is 15.6 Å². The van der Waals surface area contributed by atoms with Crippen LogP contribution in [-0.2, 0) is 21.4 Å². The van der Waals surface area contributed by atoms with Gasteiger partial charge in [-0.1, -0.05) is 18.9 Å². The first-order valence-electron chi connectivity index (χ1n) is 12.5. The van der Waals surface area contributed by atoms with E-state index in [-0.39, 0.29) is 17.4 Å². The minimum Gasteiger partial charge on any atom is -0.479 e. The van der Waals surface area contributed by atoms with Crippen LogP contribution in [0, 0.1) is 5.92 Å². The highest BCUT2D eigenvalue weighted by atomic mass is 16.7. The number of nitrogens with zero attached hydrogens (tertiary/aromatic N) is 1. The van der Waals surface area contributed by atoms with E-state index in [1.165, 1.54) is 0 Å². The average molecular weight is 437 g/mol. The molecule has 5 rings (SSSR count). The number of aliphatic carboxylic acids is 1. The largest absolute Gasteiger partial charge is 0.479 e. The van der Waals surface area contributed by atoms with Crippen LogP contribution in [0.1, 0.15) is 47.3 Å². The molecule has 1 aromatic rings. The minimum absolute atomic E-state index is 0.0442. The average Bonchev–Trinajstić information content (AvgIpc) is 2.78. The number of hydrogen-bond acceptors (Lipinski definition) is 7. The van der Waals surface area contributed by atoms with Crippen LogP contribution in [0.2, 0.25) is 0 Å². The Morgan fingerprint density at radius 3 is 2.84 bits per heavy atom. The van der Waals surface area contributed by atoms with Gasteiger partial charge in [-0.2, -0.15) is 0 Å². The molecule has 2 heterocycles. The standard InChI is InChI=1S/C23H31NO7/c1-24-9-8-23-7-3-2-4-14(23)16(24)10-12-5-6-13(11-15(12)23)30-22-19(27)17(25)18(26)20(31-22)21(28)29/h5-6,11,14,16-20,22,25-27H,2-4,7-10H2,1H3,(H,28,29)/t14?,16-,17-,18-,19+,20-,22+,23+/m0/s1/i1D3. The molecule has 3 fully saturated rings. The molecule has 2 saturated heterocycles. The fraction of sp³-hybridized carbons (Fsp3) is 0.696. The summed E-state index contributed by atoms with van der Waals surface area (Å²) in [4.78, 5) is 13.1. The number of benzene rings is 1. The summed E-state index contributed by atoms with van der Waals surface area (Å²) in [5, 5.41) is 39.6. The first kappa shape index (κ1) is 17.8. The maximum atomic E-state index is 11.4. The molecular formula is C23H31NO7. The second-order valence-corrected chi connectivity index (χ2v) is 9.40. The van der Waals surface area contributed by atoms with Crippen LogP contribution < -0.4 is 4.74 Å². The van der Waals surface area contributed by atoms with Gasteiger partial charge in [-0.25, -0.2) is 4.79 Å². The van der Waals surface area contributed by atoms with Crippen molar-refractivity contribution in [1.82, 2.24) is 4.90 Å². The molecule has 4 aliphatic rings. The molecule has 8 heteroatoms. The lowest BCUT2D eigenvalue weighted by atomic mass is 9.52. The number of carboxylic acids is 1. The van der Waals surface area contributed by atoms with Crippen molar-refractivity contribution in [3.8, 4) is 5.75 Å². The Morgan fingerprint density at radius 2 is 2.06 bits per heavy atom. The molecule has 0 amide bonds. The first-order valence-corrected chi connectivity index (χ1v) is 11.0. The molecule has 2 aliphatic heterocycles. The number of carbonyl (C=O) groups is 1. The van der Waals surface area contributed by atoms with Crippen molar-refractivity contribution in [2.75, 3.05) is 13.5 Å². The summed E-state index contributed by atoms with van der Waals surface area (Å²) in [5.74, 6) is -0.873. The third-order valence-electron chi connectivity index (χ3n) is 7.87. The summed E-state index contributed by atoms with van der Waals surface area (Å²) in [7, 11) is 0. The molecule has 170 valence electrons. The maximum Gasteiger partial charge on any atom is 0.335 e. The summed E-state index contributed by atoms with van der Waals surface area (Å²) < 4.78 is 35.2. The summed E-state index contributed by atoms with van der Waals surface area (Å²) in [5.41, 5.74) is 2.05. The number of likely N-dealkylation sites (tertiary alicyclic amines) is 1. The van der Waals surface area contributed by atoms with E-state index in [9.17, 15) is 25.2 Å². The van der Waals surface area contributed by atoms with Crippen LogP contribution in [0.15, 0.2) is 18.2 Å². The Kier molecular flexibility index (Phi) is 4.42. The van der Waals surface area contributed by atoms with E-state index in [0.29, 0.717) is 18.7 Å². The number of ether oxygens (including phenoxy) is 2. The summed E-state index contributed by atoms with van der Waals surface area (Å²) in [6, 6.07) is 5.45. The quantitative estimate of drug-likeness (QED) is 0.545. The van der Waals surface area contributed by atoms with E-state index in [4.69, 9.17) is 13.6 Å². The highest BCUT2D eigenvalue weighted by Gasteiger charge is 2.53. The zero-order chi connectivity index (χ0) is 24.4. The van der Waals surface area contributed by atoms with Gasteiger partial charge in [-0.05, 0) is 68.4 Å². The van der Waals surface area contributed by atoms with Crippen molar-refractivity contribution in [1.29, 1.82) is 0 Å². The summed E-state index contributed by atoms with van der Waals surface area (Å²) in [6.07, 6.45) is -2.90. The third-order valence-corrected chi connectivity index (χ3v) is 7.87. The molecule has 1 saturated carbocycles. The van der Waals surface area contributed by atoms with Gasteiger partial charge in [-0.15, -0.1) is 0 Å². The lowest BCUT2D eigenvalue weighted by Gasteiger charge is -2.58. The molecule has 1 aromatic carbocycles. The van der Waals surface area contributed by atoms with Crippen molar-refractivity contribution in [2.45, 2.75) is 80.7 Å². The van der Waals surface area contributed by atoms with Crippen LogP contribution in [0.25, 0.3) is 0 Å². The fourth-order valence-corrected chi connectivity index (χ4v) is 6.34. The number of rotatable bonds is 3. The molecule has 2 bridgehead atoms. The summed E-state index contributed by atoms with van der Waals surface area (Å²) >= 11 is 0. The topological polar surface area (TPSA) is 120 Å². The van der Waals surface area contributed by atoms with E-state index in [0.717, 1.165) is 43.2 Å². The Labute approximate surface area is 185 Å². The second kappa shape index (κ2) is 7.71. The van der Waals surface area contributed by atoms with Crippen molar-refractivity contribution in [3.63, 3.8) is 0 Å². The number of fused-ring (bicyclic) bond motifs is 1. The van der Waals surface area contributed by atoms with Crippen molar-refractivity contribution >= 4 is 5.97 Å². The van der Waals surface area contributed by atoms with Gasteiger partial charge in [-0.3, -0.25) is 0 Å². The normalized spacial score (nSPS) is 44.2. The Balaban J connectivity index is 1.46. The minimum atomic E-state index is -2.13. The molecule has 0 radical (unpaired) electrons. The molecule has 1 unspecified atom stereocenters. The predicted octanol–water partition coefficient (Wildman–Crippen LogP) is 0.646. The van der Waals surface area contributed by atoms with Gasteiger partial charge in [0.2, 0.25) is 6.29 Å². The molecule has 8 nitrogen and oxygen atoms in total. The molecule has 0 spiro atoms. The zero-order valence-electron chi connectivity index (χ0n) is 20.2. The Morgan fingerprint density at radius 1 is 1.23 bits per heavy atom. The monoisotopic (exact) mass is 436 g/mol. The van der Waals surface area contributed by atoms with E-state index < -0.39 is 43.7 Å². The molecular weight excluding hydrogens is 402 g/mol. The van der Waals surface area contributed by atoms with Gasteiger partial charge < -0.3 is 34.8 Å².